The highest BCUT2D eigenvalue weighted by atomic mass is 16.5. The number of rotatable bonds is 6. The molecule has 0 amide bonds. The van der Waals surface area contributed by atoms with Gasteiger partial charge in [0.2, 0.25) is 0 Å². The zero-order valence-corrected chi connectivity index (χ0v) is 11.4. The SMILES string of the molecule is CCOC(=O)/C(C)=C/C[C@H](O)/C=C/c1ccccc1. The van der Waals surface area contributed by atoms with Crippen molar-refractivity contribution in [3.63, 3.8) is 0 Å². The molecule has 0 fully saturated rings. The maximum Gasteiger partial charge on any atom is 0.333 e. The van der Waals surface area contributed by atoms with Crippen LogP contribution in [0.15, 0.2) is 48.1 Å². The summed E-state index contributed by atoms with van der Waals surface area (Å²) < 4.78 is 4.86. The van der Waals surface area contributed by atoms with Gasteiger partial charge < -0.3 is 9.84 Å². The molecule has 0 radical (unpaired) electrons. The van der Waals surface area contributed by atoms with Crippen LogP contribution < -0.4 is 0 Å². The fourth-order valence-corrected chi connectivity index (χ4v) is 1.49. The molecule has 0 saturated heterocycles. The number of carbonyl (C=O) groups is 1. The standard InChI is InChI=1S/C16H20O3/c1-3-19-16(18)13(2)9-11-15(17)12-10-14-7-5-4-6-8-14/h4-10,12,15,17H,3,11H2,1-2H3/b12-10+,13-9+/t15-/m0/s1. The summed E-state index contributed by atoms with van der Waals surface area (Å²) in [6.07, 6.45) is 5.05. The smallest absolute Gasteiger partial charge is 0.333 e. The Bertz CT molecular complexity index is 446. The minimum Gasteiger partial charge on any atom is -0.463 e. The minimum atomic E-state index is -0.607. The molecule has 0 spiro atoms. The first-order valence-corrected chi connectivity index (χ1v) is 6.38. The lowest BCUT2D eigenvalue weighted by Crippen LogP contribution is -2.07. The second-order valence-corrected chi connectivity index (χ2v) is 4.18. The lowest BCUT2D eigenvalue weighted by molar-refractivity contribution is -0.138. The predicted molar refractivity (Wildman–Crippen MR) is 76.5 cm³/mol. The average molecular weight is 260 g/mol. The maximum atomic E-state index is 11.3. The van der Waals surface area contributed by atoms with Crippen LogP contribution >= 0.6 is 0 Å². The van der Waals surface area contributed by atoms with Crippen molar-refractivity contribution < 1.29 is 14.6 Å². The van der Waals surface area contributed by atoms with Gasteiger partial charge in [0.25, 0.3) is 0 Å². The molecule has 102 valence electrons. The quantitative estimate of drug-likeness (QED) is 0.632. The number of aliphatic hydroxyl groups is 1. The van der Waals surface area contributed by atoms with Crippen LogP contribution in [0.4, 0.5) is 0 Å². The van der Waals surface area contributed by atoms with E-state index in [4.69, 9.17) is 4.74 Å². The first-order valence-electron chi connectivity index (χ1n) is 6.38. The molecule has 0 unspecified atom stereocenters. The molecule has 0 aromatic heterocycles. The van der Waals surface area contributed by atoms with Crippen molar-refractivity contribution in [1.29, 1.82) is 0 Å². The lowest BCUT2D eigenvalue weighted by atomic mass is 10.1. The van der Waals surface area contributed by atoms with Gasteiger partial charge >= 0.3 is 5.97 Å². The van der Waals surface area contributed by atoms with Crippen molar-refractivity contribution in [2.75, 3.05) is 6.61 Å². The molecule has 0 saturated carbocycles. The lowest BCUT2D eigenvalue weighted by Gasteiger charge is -2.04. The number of hydrogen-bond donors (Lipinski definition) is 1. The van der Waals surface area contributed by atoms with Gasteiger partial charge in [0, 0.05) is 5.57 Å². The molecule has 0 aliphatic rings. The Morgan fingerprint density at radius 2 is 2.05 bits per heavy atom. The van der Waals surface area contributed by atoms with Crippen molar-refractivity contribution in [3.05, 3.63) is 53.6 Å². The van der Waals surface area contributed by atoms with E-state index in [1.165, 1.54) is 0 Å². The highest BCUT2D eigenvalue weighted by Crippen LogP contribution is 2.06. The number of hydrogen-bond acceptors (Lipinski definition) is 3. The maximum absolute atomic E-state index is 11.3. The molecule has 0 aliphatic carbocycles. The third-order valence-electron chi connectivity index (χ3n) is 2.57. The minimum absolute atomic E-state index is 0.332. The van der Waals surface area contributed by atoms with Crippen LogP contribution in [0.1, 0.15) is 25.8 Å². The van der Waals surface area contributed by atoms with Gasteiger partial charge in [0.05, 0.1) is 12.7 Å². The Kier molecular flexibility index (Phi) is 6.61. The summed E-state index contributed by atoms with van der Waals surface area (Å²) in [6, 6.07) is 9.75. The molecule has 3 nitrogen and oxygen atoms in total. The number of aliphatic hydroxyl groups excluding tert-OH is 1. The molecular formula is C16H20O3. The van der Waals surface area contributed by atoms with E-state index >= 15 is 0 Å². The fraction of sp³-hybridized carbons (Fsp3) is 0.312. The van der Waals surface area contributed by atoms with Crippen molar-refractivity contribution in [3.8, 4) is 0 Å². The van der Waals surface area contributed by atoms with Gasteiger partial charge in [-0.15, -0.1) is 0 Å². The Morgan fingerprint density at radius 3 is 2.68 bits per heavy atom. The molecule has 19 heavy (non-hydrogen) atoms. The van der Waals surface area contributed by atoms with E-state index in [-0.39, 0.29) is 5.97 Å². The number of esters is 1. The van der Waals surface area contributed by atoms with Crippen molar-refractivity contribution in [1.82, 2.24) is 0 Å². The molecule has 1 atom stereocenters. The zero-order chi connectivity index (χ0) is 14.1. The number of carbonyl (C=O) groups excluding carboxylic acids is 1. The summed E-state index contributed by atoms with van der Waals surface area (Å²) in [7, 11) is 0. The van der Waals surface area contributed by atoms with Crippen LogP contribution in [0, 0.1) is 0 Å². The number of benzene rings is 1. The third-order valence-corrected chi connectivity index (χ3v) is 2.57. The van der Waals surface area contributed by atoms with Crippen molar-refractivity contribution >= 4 is 12.0 Å². The van der Waals surface area contributed by atoms with Gasteiger partial charge in [-0.1, -0.05) is 48.6 Å². The second kappa shape index (κ2) is 8.27. The molecule has 1 aromatic rings. The molecule has 0 heterocycles. The van der Waals surface area contributed by atoms with Gasteiger partial charge in [-0.2, -0.15) is 0 Å². The molecule has 1 N–H and O–H groups in total. The molecule has 1 rings (SSSR count). The van der Waals surface area contributed by atoms with E-state index in [9.17, 15) is 9.90 Å². The van der Waals surface area contributed by atoms with Crippen molar-refractivity contribution in [2.45, 2.75) is 26.4 Å². The third kappa shape index (κ3) is 6.02. The van der Waals surface area contributed by atoms with Crippen LogP contribution in [0.3, 0.4) is 0 Å². The average Bonchev–Trinajstić information content (AvgIpc) is 2.43. The summed E-state index contributed by atoms with van der Waals surface area (Å²) >= 11 is 0. The van der Waals surface area contributed by atoms with Crippen molar-refractivity contribution in [2.24, 2.45) is 0 Å². The monoisotopic (exact) mass is 260 g/mol. The summed E-state index contributed by atoms with van der Waals surface area (Å²) in [4.78, 5) is 11.3. The van der Waals surface area contributed by atoms with E-state index < -0.39 is 6.10 Å². The molecule has 1 aromatic carbocycles. The van der Waals surface area contributed by atoms with E-state index in [1.807, 2.05) is 36.4 Å². The highest BCUT2D eigenvalue weighted by Gasteiger charge is 2.05. The molecule has 0 aliphatic heterocycles. The Balaban J connectivity index is 2.47. The van der Waals surface area contributed by atoms with Gasteiger partial charge in [0.15, 0.2) is 0 Å². The number of ether oxygens (including phenoxy) is 1. The first kappa shape index (κ1) is 15.2. The molecule has 3 heteroatoms. The zero-order valence-electron chi connectivity index (χ0n) is 11.4. The van der Waals surface area contributed by atoms with E-state index in [0.717, 1.165) is 5.56 Å². The van der Waals surface area contributed by atoms with Crippen LogP contribution in [-0.2, 0) is 9.53 Å². The van der Waals surface area contributed by atoms with Crippen LogP contribution in [-0.4, -0.2) is 23.8 Å². The largest absolute Gasteiger partial charge is 0.463 e. The summed E-state index contributed by atoms with van der Waals surface area (Å²) in [5, 5.41) is 9.79. The summed E-state index contributed by atoms with van der Waals surface area (Å²) in [5.74, 6) is -0.332. The van der Waals surface area contributed by atoms with Crippen LogP contribution in [0.25, 0.3) is 6.08 Å². The first-order chi connectivity index (χ1) is 9.13. The second-order valence-electron chi connectivity index (χ2n) is 4.18. The van der Waals surface area contributed by atoms with E-state index in [1.54, 1.807) is 26.0 Å². The predicted octanol–water partition coefficient (Wildman–Crippen LogP) is 2.96. The topological polar surface area (TPSA) is 46.5 Å². The Labute approximate surface area is 114 Å². The van der Waals surface area contributed by atoms with Gasteiger partial charge in [0.1, 0.15) is 0 Å². The fourth-order valence-electron chi connectivity index (χ4n) is 1.49. The molecular weight excluding hydrogens is 240 g/mol. The van der Waals surface area contributed by atoms with Gasteiger partial charge in [-0.05, 0) is 25.8 Å². The van der Waals surface area contributed by atoms with Crippen LogP contribution in [0.5, 0.6) is 0 Å². The van der Waals surface area contributed by atoms with Crippen LogP contribution in [0.2, 0.25) is 0 Å². The van der Waals surface area contributed by atoms with Gasteiger partial charge in [-0.3, -0.25) is 0 Å². The normalized spacial score (nSPS) is 13.5. The summed E-state index contributed by atoms with van der Waals surface area (Å²) in [5.41, 5.74) is 1.56. The van der Waals surface area contributed by atoms with E-state index in [0.29, 0.717) is 18.6 Å². The Morgan fingerprint density at radius 1 is 1.37 bits per heavy atom. The van der Waals surface area contributed by atoms with Gasteiger partial charge in [-0.25, -0.2) is 4.79 Å². The Hall–Kier alpha value is -1.87. The van der Waals surface area contributed by atoms with E-state index in [2.05, 4.69) is 0 Å². The summed E-state index contributed by atoms with van der Waals surface area (Å²) in [6.45, 7) is 3.81. The molecule has 0 bridgehead atoms. The highest BCUT2D eigenvalue weighted by molar-refractivity contribution is 5.87.